The lowest BCUT2D eigenvalue weighted by Crippen LogP contribution is -2.35. The highest BCUT2D eigenvalue weighted by atomic mass is 35.5. The number of amides is 1. The molecule has 0 saturated carbocycles. The monoisotopic (exact) mass is 440 g/mol. The van der Waals surface area contributed by atoms with E-state index < -0.39 is 10.0 Å². The molecule has 0 spiro atoms. The second-order valence-electron chi connectivity index (χ2n) is 7.48. The Labute approximate surface area is 181 Å². The summed E-state index contributed by atoms with van der Waals surface area (Å²) in [5, 5.41) is 3.35. The fraction of sp³-hybridized carbons (Fsp3) is 0.174. The molecule has 3 aromatic rings. The first-order chi connectivity index (χ1) is 14.3. The number of anilines is 2. The van der Waals surface area contributed by atoms with Crippen LogP contribution < -0.4 is 9.62 Å². The maximum absolute atomic E-state index is 13.2. The predicted molar refractivity (Wildman–Crippen MR) is 120 cm³/mol. The fourth-order valence-corrected chi connectivity index (χ4v) is 5.59. The first-order valence-electron chi connectivity index (χ1n) is 9.56. The molecular formula is C23H21ClN2O3S. The Balaban J connectivity index is 1.63. The van der Waals surface area contributed by atoms with Crippen LogP contribution in [0.25, 0.3) is 0 Å². The minimum Gasteiger partial charge on any atom is -0.322 e. The largest absolute Gasteiger partial charge is 0.322 e. The van der Waals surface area contributed by atoms with Gasteiger partial charge in [0.15, 0.2) is 0 Å². The van der Waals surface area contributed by atoms with Gasteiger partial charge in [0.2, 0.25) is 0 Å². The van der Waals surface area contributed by atoms with Gasteiger partial charge in [-0.1, -0.05) is 35.4 Å². The number of halogens is 1. The summed E-state index contributed by atoms with van der Waals surface area (Å²) < 4.78 is 27.9. The van der Waals surface area contributed by atoms with Gasteiger partial charge in [0.05, 0.1) is 10.6 Å². The third-order valence-electron chi connectivity index (χ3n) is 5.16. The summed E-state index contributed by atoms with van der Waals surface area (Å²) in [4.78, 5) is 12.9. The van der Waals surface area contributed by atoms with Crippen molar-refractivity contribution in [2.45, 2.75) is 31.2 Å². The van der Waals surface area contributed by atoms with Crippen molar-refractivity contribution in [3.8, 4) is 0 Å². The van der Waals surface area contributed by atoms with Gasteiger partial charge in [-0.15, -0.1) is 0 Å². The highest BCUT2D eigenvalue weighted by molar-refractivity contribution is 7.92. The minimum absolute atomic E-state index is 0.238. The van der Waals surface area contributed by atoms with Crippen molar-refractivity contribution < 1.29 is 13.2 Å². The molecule has 1 aliphatic heterocycles. The number of rotatable bonds is 4. The van der Waals surface area contributed by atoms with Crippen molar-refractivity contribution in [1.82, 2.24) is 0 Å². The number of aryl methyl sites for hydroxylation is 1. The molecule has 0 fully saturated rings. The van der Waals surface area contributed by atoms with Crippen molar-refractivity contribution in [2.24, 2.45) is 0 Å². The van der Waals surface area contributed by atoms with Gasteiger partial charge in [0.1, 0.15) is 0 Å². The summed E-state index contributed by atoms with van der Waals surface area (Å²) in [6.45, 7) is 3.79. The van der Waals surface area contributed by atoms with E-state index in [1.165, 1.54) is 4.31 Å². The molecule has 3 aromatic carbocycles. The number of carbonyl (C=O) groups is 1. The number of benzene rings is 3. The fourth-order valence-electron chi connectivity index (χ4n) is 3.70. The van der Waals surface area contributed by atoms with Crippen molar-refractivity contribution in [3.05, 3.63) is 88.4 Å². The van der Waals surface area contributed by atoms with Gasteiger partial charge in [0.25, 0.3) is 15.9 Å². The number of carbonyl (C=O) groups excluding carboxylic acids is 1. The number of hydrogen-bond donors (Lipinski definition) is 1. The molecule has 0 aromatic heterocycles. The summed E-state index contributed by atoms with van der Waals surface area (Å²) in [7, 11) is -3.69. The zero-order chi connectivity index (χ0) is 21.5. The molecule has 5 nitrogen and oxygen atoms in total. The molecule has 30 heavy (non-hydrogen) atoms. The quantitative estimate of drug-likeness (QED) is 0.618. The molecule has 0 saturated heterocycles. The minimum atomic E-state index is -3.69. The number of nitrogens with one attached hydrogen (secondary N) is 1. The number of sulfonamides is 1. The van der Waals surface area contributed by atoms with Crippen LogP contribution in [0.5, 0.6) is 0 Å². The molecule has 7 heteroatoms. The topological polar surface area (TPSA) is 66.5 Å². The molecule has 1 aliphatic rings. The Morgan fingerprint density at radius 1 is 1.07 bits per heavy atom. The molecular weight excluding hydrogens is 420 g/mol. The van der Waals surface area contributed by atoms with Crippen LogP contribution in [0, 0.1) is 6.92 Å². The van der Waals surface area contributed by atoms with Crippen molar-refractivity contribution >= 4 is 38.9 Å². The van der Waals surface area contributed by atoms with E-state index in [1.54, 1.807) is 66.7 Å². The Bertz CT molecular complexity index is 1220. The average Bonchev–Trinajstić information content (AvgIpc) is 3.03. The van der Waals surface area contributed by atoms with Crippen LogP contribution in [0.2, 0.25) is 5.02 Å². The van der Waals surface area contributed by atoms with Gasteiger partial charge in [0, 0.05) is 22.3 Å². The third-order valence-corrected chi connectivity index (χ3v) is 7.33. The van der Waals surface area contributed by atoms with E-state index in [-0.39, 0.29) is 16.8 Å². The smallest absolute Gasteiger partial charge is 0.264 e. The second kappa shape index (κ2) is 7.78. The maximum atomic E-state index is 13.2. The number of nitrogens with zero attached hydrogens (tertiary/aromatic N) is 1. The van der Waals surface area contributed by atoms with Gasteiger partial charge in [-0.3, -0.25) is 9.10 Å². The van der Waals surface area contributed by atoms with Crippen molar-refractivity contribution in [3.63, 3.8) is 0 Å². The normalized spacial score (nSPS) is 15.7. The van der Waals surface area contributed by atoms with E-state index in [1.807, 2.05) is 13.8 Å². The van der Waals surface area contributed by atoms with Crippen LogP contribution in [0.4, 0.5) is 11.4 Å². The first-order valence-corrected chi connectivity index (χ1v) is 11.4. The lowest BCUT2D eigenvalue weighted by molar-refractivity contribution is 0.102. The second-order valence-corrected chi connectivity index (χ2v) is 9.73. The summed E-state index contributed by atoms with van der Waals surface area (Å²) in [5.74, 6) is -0.271. The molecule has 154 valence electrons. The van der Waals surface area contributed by atoms with Gasteiger partial charge in [-0.2, -0.15) is 0 Å². The highest BCUT2D eigenvalue weighted by Gasteiger charge is 2.36. The van der Waals surface area contributed by atoms with Crippen LogP contribution in [0.1, 0.15) is 28.4 Å². The molecule has 1 heterocycles. The molecule has 1 N–H and O–H groups in total. The molecule has 4 rings (SSSR count). The molecule has 0 bridgehead atoms. The van der Waals surface area contributed by atoms with Crippen molar-refractivity contribution in [1.29, 1.82) is 0 Å². The molecule has 1 atom stereocenters. The SMILES string of the molecule is Cc1ccc(S(=O)(=O)N2c3ccc(C(=O)Nc4cccc(Cl)c4)cc3C[C@H]2C)cc1. The van der Waals surface area contributed by atoms with Crippen LogP contribution in [0.15, 0.2) is 71.6 Å². The van der Waals surface area contributed by atoms with Gasteiger partial charge >= 0.3 is 0 Å². The molecule has 0 aliphatic carbocycles. The standard InChI is InChI=1S/C23H21ClN2O3S/c1-15-6-9-21(10-7-15)30(28,29)26-16(2)12-18-13-17(8-11-22(18)26)23(27)25-20-5-3-4-19(24)14-20/h3-11,13-14,16H,12H2,1-2H3,(H,25,27)/t16-/m1/s1. The molecule has 0 unspecified atom stereocenters. The number of hydrogen-bond acceptors (Lipinski definition) is 3. The highest BCUT2D eigenvalue weighted by Crippen LogP contribution is 2.37. The van der Waals surface area contributed by atoms with Crippen LogP contribution in [0.3, 0.4) is 0 Å². The zero-order valence-electron chi connectivity index (χ0n) is 16.6. The lowest BCUT2D eigenvalue weighted by atomic mass is 10.1. The molecule has 0 radical (unpaired) electrons. The van der Waals surface area contributed by atoms with E-state index in [9.17, 15) is 13.2 Å². The maximum Gasteiger partial charge on any atom is 0.264 e. The van der Waals surface area contributed by atoms with E-state index in [0.717, 1.165) is 11.1 Å². The average molecular weight is 441 g/mol. The third kappa shape index (κ3) is 3.80. The van der Waals surface area contributed by atoms with E-state index in [4.69, 9.17) is 11.6 Å². The van der Waals surface area contributed by atoms with Crippen LogP contribution in [-0.4, -0.2) is 20.4 Å². The van der Waals surface area contributed by atoms with E-state index >= 15 is 0 Å². The summed E-state index contributed by atoms with van der Waals surface area (Å²) in [5.41, 5.74) is 3.51. The van der Waals surface area contributed by atoms with E-state index in [2.05, 4.69) is 5.32 Å². The Kier molecular flexibility index (Phi) is 5.30. The summed E-state index contributed by atoms with van der Waals surface area (Å²) >= 11 is 5.97. The number of fused-ring (bicyclic) bond motifs is 1. The van der Waals surface area contributed by atoms with E-state index in [0.29, 0.717) is 28.4 Å². The van der Waals surface area contributed by atoms with Gasteiger partial charge in [-0.25, -0.2) is 8.42 Å². The van der Waals surface area contributed by atoms with Gasteiger partial charge in [-0.05, 0) is 74.4 Å². The summed E-state index contributed by atoms with van der Waals surface area (Å²) in [6.07, 6.45) is 0.540. The van der Waals surface area contributed by atoms with Crippen molar-refractivity contribution in [2.75, 3.05) is 9.62 Å². The lowest BCUT2D eigenvalue weighted by Gasteiger charge is -2.24. The van der Waals surface area contributed by atoms with Crippen LogP contribution in [-0.2, 0) is 16.4 Å². The van der Waals surface area contributed by atoms with Gasteiger partial charge < -0.3 is 5.32 Å². The molecule has 1 amide bonds. The Hall–Kier alpha value is -2.83. The first kappa shape index (κ1) is 20.4. The Morgan fingerprint density at radius 2 is 1.80 bits per heavy atom. The zero-order valence-corrected chi connectivity index (χ0v) is 18.2. The summed E-state index contributed by atoms with van der Waals surface area (Å²) in [6, 6.07) is 18.6. The Morgan fingerprint density at radius 3 is 2.50 bits per heavy atom. The predicted octanol–water partition coefficient (Wildman–Crippen LogP) is 5.04. The van der Waals surface area contributed by atoms with Crippen LogP contribution >= 0.6 is 11.6 Å².